The van der Waals surface area contributed by atoms with Gasteiger partial charge in [-0.25, -0.2) is 0 Å². The predicted octanol–water partition coefficient (Wildman–Crippen LogP) is 2.13. The molecule has 152 valence electrons. The third kappa shape index (κ3) is 5.41. The quantitative estimate of drug-likeness (QED) is 0.505. The van der Waals surface area contributed by atoms with Crippen molar-refractivity contribution in [2.75, 3.05) is 24.8 Å². The van der Waals surface area contributed by atoms with Gasteiger partial charge in [0, 0.05) is 17.1 Å². The number of hydrogen-bond donors (Lipinski definition) is 1. The van der Waals surface area contributed by atoms with E-state index in [1.54, 1.807) is 7.11 Å². The zero-order valence-electron chi connectivity index (χ0n) is 16.1. The number of carboxylic acid groups (broad SMARTS) is 1. The van der Waals surface area contributed by atoms with Gasteiger partial charge in [0.2, 0.25) is 0 Å². The number of benzene rings is 2. The van der Waals surface area contributed by atoms with E-state index in [1.807, 2.05) is 60.0 Å². The number of hydrogen-bond acceptors (Lipinski definition) is 8. The Hall–Kier alpha value is -3.20. The Morgan fingerprint density at radius 1 is 1.10 bits per heavy atom. The van der Waals surface area contributed by atoms with Gasteiger partial charge in [0.05, 0.1) is 26.2 Å². The standard InChI is InChI=1S/C20H22N4O4S/c1-3-28-17-8-4-14(5-9-17)21-12-18-22-23-20(29-13-19(25)26)24(18)15-6-10-16(27-2)11-7-15/h4-11,21H,3,12-13H2,1-2H3,(H,25,26)/p-1. The first kappa shape index (κ1) is 20.5. The van der Waals surface area contributed by atoms with E-state index in [4.69, 9.17) is 9.47 Å². The largest absolute Gasteiger partial charge is 0.549 e. The summed E-state index contributed by atoms with van der Waals surface area (Å²) in [6, 6.07) is 15.0. The van der Waals surface area contributed by atoms with E-state index in [-0.39, 0.29) is 5.75 Å². The maximum absolute atomic E-state index is 10.9. The summed E-state index contributed by atoms with van der Waals surface area (Å²) >= 11 is 1.06. The van der Waals surface area contributed by atoms with Crippen molar-refractivity contribution in [3.8, 4) is 17.2 Å². The summed E-state index contributed by atoms with van der Waals surface area (Å²) in [5, 5.41) is 23.0. The van der Waals surface area contributed by atoms with Crippen LogP contribution in [0.15, 0.2) is 53.7 Å². The zero-order chi connectivity index (χ0) is 20.6. The smallest absolute Gasteiger partial charge is 0.196 e. The minimum atomic E-state index is -1.16. The maximum Gasteiger partial charge on any atom is 0.196 e. The van der Waals surface area contributed by atoms with E-state index in [9.17, 15) is 9.90 Å². The Balaban J connectivity index is 1.82. The predicted molar refractivity (Wildman–Crippen MR) is 109 cm³/mol. The number of nitrogens with one attached hydrogen (secondary N) is 1. The van der Waals surface area contributed by atoms with Crippen LogP contribution in [0.3, 0.4) is 0 Å². The third-order valence-electron chi connectivity index (χ3n) is 3.97. The lowest BCUT2D eigenvalue weighted by atomic mass is 10.3. The monoisotopic (exact) mass is 413 g/mol. The van der Waals surface area contributed by atoms with Crippen LogP contribution in [-0.4, -0.2) is 40.2 Å². The minimum absolute atomic E-state index is 0.208. The number of ether oxygens (including phenoxy) is 2. The Morgan fingerprint density at radius 3 is 2.41 bits per heavy atom. The van der Waals surface area contributed by atoms with Gasteiger partial charge in [0.25, 0.3) is 0 Å². The summed E-state index contributed by atoms with van der Waals surface area (Å²) in [6.45, 7) is 2.96. The second kappa shape index (κ2) is 9.83. The van der Waals surface area contributed by atoms with Crippen molar-refractivity contribution in [2.45, 2.75) is 18.6 Å². The highest BCUT2D eigenvalue weighted by Crippen LogP contribution is 2.24. The van der Waals surface area contributed by atoms with Crippen LogP contribution in [0, 0.1) is 0 Å². The van der Waals surface area contributed by atoms with E-state index in [0.29, 0.717) is 24.1 Å². The number of anilines is 1. The molecule has 1 aromatic heterocycles. The molecule has 0 amide bonds. The second-order valence-electron chi connectivity index (χ2n) is 5.90. The number of aromatic nitrogens is 3. The maximum atomic E-state index is 10.9. The first-order valence-electron chi connectivity index (χ1n) is 8.98. The summed E-state index contributed by atoms with van der Waals surface area (Å²) in [5.41, 5.74) is 1.71. The van der Waals surface area contributed by atoms with E-state index in [2.05, 4.69) is 15.5 Å². The van der Waals surface area contributed by atoms with Crippen LogP contribution in [0.4, 0.5) is 5.69 Å². The van der Waals surface area contributed by atoms with Gasteiger partial charge in [-0.05, 0) is 55.5 Å². The van der Waals surface area contributed by atoms with Crippen LogP contribution in [0.2, 0.25) is 0 Å². The molecule has 0 aliphatic carbocycles. The molecule has 0 aliphatic rings. The molecule has 3 aromatic rings. The lowest BCUT2D eigenvalue weighted by Crippen LogP contribution is -2.24. The van der Waals surface area contributed by atoms with Crippen LogP contribution < -0.4 is 19.9 Å². The second-order valence-corrected chi connectivity index (χ2v) is 6.85. The van der Waals surface area contributed by atoms with Gasteiger partial charge in [-0.1, -0.05) is 11.8 Å². The molecule has 8 nitrogen and oxygen atoms in total. The van der Waals surface area contributed by atoms with Crippen molar-refractivity contribution in [3.05, 3.63) is 54.4 Å². The van der Waals surface area contributed by atoms with Crippen LogP contribution in [0.5, 0.6) is 11.5 Å². The molecule has 0 saturated carbocycles. The fourth-order valence-electron chi connectivity index (χ4n) is 2.64. The highest BCUT2D eigenvalue weighted by atomic mass is 32.2. The number of carbonyl (C=O) groups excluding carboxylic acids is 1. The van der Waals surface area contributed by atoms with E-state index in [1.165, 1.54) is 0 Å². The Morgan fingerprint density at radius 2 is 1.79 bits per heavy atom. The van der Waals surface area contributed by atoms with Crippen molar-refractivity contribution in [2.24, 2.45) is 0 Å². The molecular formula is C20H21N4O4S-. The number of aliphatic carboxylic acids is 1. The van der Waals surface area contributed by atoms with E-state index >= 15 is 0 Å². The molecule has 0 unspecified atom stereocenters. The van der Waals surface area contributed by atoms with Crippen molar-refractivity contribution in [3.63, 3.8) is 0 Å². The van der Waals surface area contributed by atoms with Gasteiger partial charge in [-0.15, -0.1) is 10.2 Å². The fraction of sp³-hybridized carbons (Fsp3) is 0.250. The Labute approximate surface area is 172 Å². The minimum Gasteiger partial charge on any atom is -0.549 e. The summed E-state index contributed by atoms with van der Waals surface area (Å²) in [7, 11) is 1.60. The summed E-state index contributed by atoms with van der Waals surface area (Å²) in [4.78, 5) is 10.9. The summed E-state index contributed by atoms with van der Waals surface area (Å²) < 4.78 is 12.5. The molecule has 3 rings (SSSR count). The number of carbonyl (C=O) groups is 1. The topological polar surface area (TPSA) is 101 Å². The van der Waals surface area contributed by atoms with Crippen molar-refractivity contribution in [1.29, 1.82) is 0 Å². The number of methoxy groups -OCH3 is 1. The third-order valence-corrected chi connectivity index (χ3v) is 4.87. The zero-order valence-corrected chi connectivity index (χ0v) is 16.9. The lowest BCUT2D eigenvalue weighted by Gasteiger charge is -2.12. The highest BCUT2D eigenvalue weighted by Gasteiger charge is 2.15. The first-order valence-corrected chi connectivity index (χ1v) is 9.97. The van der Waals surface area contributed by atoms with Gasteiger partial charge >= 0.3 is 0 Å². The molecule has 29 heavy (non-hydrogen) atoms. The first-order chi connectivity index (χ1) is 14.1. The molecule has 0 saturated heterocycles. The average molecular weight is 413 g/mol. The molecule has 0 bridgehead atoms. The normalized spacial score (nSPS) is 10.6. The molecule has 9 heteroatoms. The van der Waals surface area contributed by atoms with Gasteiger partial charge in [-0.3, -0.25) is 4.57 Å². The Kier molecular flexibility index (Phi) is 6.96. The number of thioether (sulfide) groups is 1. The van der Waals surface area contributed by atoms with Crippen LogP contribution in [-0.2, 0) is 11.3 Å². The number of rotatable bonds is 10. The molecule has 1 N–H and O–H groups in total. The lowest BCUT2D eigenvalue weighted by molar-refractivity contribution is -0.301. The molecular weight excluding hydrogens is 392 g/mol. The van der Waals surface area contributed by atoms with Gasteiger partial charge in [-0.2, -0.15) is 0 Å². The van der Waals surface area contributed by atoms with Gasteiger partial charge in [0.15, 0.2) is 11.0 Å². The molecule has 0 spiro atoms. The van der Waals surface area contributed by atoms with E-state index in [0.717, 1.165) is 34.6 Å². The fourth-order valence-corrected chi connectivity index (χ4v) is 3.32. The van der Waals surface area contributed by atoms with E-state index < -0.39 is 5.97 Å². The highest BCUT2D eigenvalue weighted by molar-refractivity contribution is 7.99. The summed E-state index contributed by atoms with van der Waals surface area (Å²) in [6.07, 6.45) is 0. The molecule has 1 heterocycles. The Bertz CT molecular complexity index is 942. The SMILES string of the molecule is CCOc1ccc(NCc2nnc(SCC(=O)[O-])n2-c2ccc(OC)cc2)cc1. The molecule has 0 aliphatic heterocycles. The number of nitrogens with zero attached hydrogens (tertiary/aromatic N) is 3. The molecule has 2 aromatic carbocycles. The average Bonchev–Trinajstić information content (AvgIpc) is 3.15. The van der Waals surface area contributed by atoms with Crippen molar-refractivity contribution in [1.82, 2.24) is 14.8 Å². The van der Waals surface area contributed by atoms with Crippen LogP contribution in [0.1, 0.15) is 12.7 Å². The van der Waals surface area contributed by atoms with Crippen molar-refractivity contribution < 1.29 is 19.4 Å². The number of carboxylic acids is 1. The van der Waals surface area contributed by atoms with Gasteiger partial charge < -0.3 is 24.7 Å². The summed E-state index contributed by atoms with van der Waals surface area (Å²) in [5.74, 6) is 0.805. The van der Waals surface area contributed by atoms with Crippen LogP contribution in [0.25, 0.3) is 5.69 Å². The van der Waals surface area contributed by atoms with Gasteiger partial charge in [0.1, 0.15) is 11.5 Å². The van der Waals surface area contributed by atoms with Crippen LogP contribution >= 0.6 is 11.8 Å². The molecule has 0 fully saturated rings. The van der Waals surface area contributed by atoms with Crippen molar-refractivity contribution >= 4 is 23.4 Å². The molecule has 0 atom stereocenters. The molecule has 0 radical (unpaired) electrons.